The fourth-order valence-corrected chi connectivity index (χ4v) is 5.28. The summed E-state index contributed by atoms with van der Waals surface area (Å²) in [4.78, 5) is 36.0. The molecular weight excluding hydrogens is 432 g/mol. The van der Waals surface area contributed by atoms with E-state index in [1.807, 2.05) is 36.6 Å². The minimum absolute atomic E-state index is 0.0300. The molecule has 2 amide bonds. The molecule has 1 fully saturated rings. The lowest BCUT2D eigenvalue weighted by atomic mass is 9.96. The molecule has 1 saturated heterocycles. The van der Waals surface area contributed by atoms with Crippen molar-refractivity contribution in [3.05, 3.63) is 53.2 Å². The van der Waals surface area contributed by atoms with Crippen molar-refractivity contribution in [1.82, 2.24) is 14.9 Å². The largest absolute Gasteiger partial charge is 0.448 e. The third kappa shape index (κ3) is 4.11. The summed E-state index contributed by atoms with van der Waals surface area (Å²) in [6, 6.07) is 11.4. The Kier molecular flexibility index (Phi) is 5.29. The first-order chi connectivity index (χ1) is 15.1. The van der Waals surface area contributed by atoms with E-state index in [1.54, 1.807) is 17.0 Å². The van der Waals surface area contributed by atoms with Crippen LogP contribution in [0.1, 0.15) is 29.1 Å². The number of para-hydroxylation sites is 1. The van der Waals surface area contributed by atoms with Crippen LogP contribution in [0.4, 0.5) is 5.13 Å². The highest BCUT2D eigenvalue weighted by atomic mass is 32.1. The molecule has 9 heteroatoms. The Bertz CT molecular complexity index is 1220. The predicted molar refractivity (Wildman–Crippen MR) is 121 cm³/mol. The van der Waals surface area contributed by atoms with Gasteiger partial charge in [0.15, 0.2) is 21.7 Å². The summed E-state index contributed by atoms with van der Waals surface area (Å²) in [5, 5.41) is 6.17. The van der Waals surface area contributed by atoms with Crippen LogP contribution in [-0.2, 0) is 4.79 Å². The molecule has 4 aromatic rings. The van der Waals surface area contributed by atoms with Gasteiger partial charge in [-0.1, -0.05) is 12.1 Å². The van der Waals surface area contributed by atoms with E-state index in [-0.39, 0.29) is 17.7 Å². The molecule has 5 rings (SSSR count). The van der Waals surface area contributed by atoms with Gasteiger partial charge in [0.05, 0.1) is 15.9 Å². The van der Waals surface area contributed by atoms with Crippen molar-refractivity contribution in [2.75, 3.05) is 18.4 Å². The summed E-state index contributed by atoms with van der Waals surface area (Å²) in [5.41, 5.74) is 1.81. The second-order valence-electron chi connectivity index (χ2n) is 7.50. The van der Waals surface area contributed by atoms with E-state index >= 15 is 0 Å². The molecular formula is C22H20N4O3S2. The smallest absolute Gasteiger partial charge is 0.289 e. The molecule has 31 heavy (non-hydrogen) atoms. The van der Waals surface area contributed by atoms with Crippen LogP contribution in [0.2, 0.25) is 0 Å². The summed E-state index contributed by atoms with van der Waals surface area (Å²) in [7, 11) is 0. The molecule has 0 spiro atoms. The zero-order chi connectivity index (χ0) is 21.4. The van der Waals surface area contributed by atoms with E-state index in [0.717, 1.165) is 20.9 Å². The second-order valence-corrected chi connectivity index (χ2v) is 9.39. The van der Waals surface area contributed by atoms with Gasteiger partial charge in [-0.2, -0.15) is 0 Å². The molecule has 0 unspecified atom stereocenters. The predicted octanol–water partition coefficient (Wildman–Crippen LogP) is 4.81. The van der Waals surface area contributed by atoms with Crippen molar-refractivity contribution in [3.8, 4) is 10.8 Å². The van der Waals surface area contributed by atoms with Gasteiger partial charge in [-0.25, -0.2) is 9.97 Å². The summed E-state index contributed by atoms with van der Waals surface area (Å²) in [6.07, 6.45) is 1.24. The average Bonchev–Trinajstić information content (AvgIpc) is 3.52. The monoisotopic (exact) mass is 452 g/mol. The molecule has 1 N–H and O–H groups in total. The Balaban J connectivity index is 1.21. The van der Waals surface area contributed by atoms with Crippen LogP contribution < -0.4 is 5.32 Å². The lowest BCUT2D eigenvalue weighted by molar-refractivity contribution is -0.121. The van der Waals surface area contributed by atoms with E-state index in [1.165, 1.54) is 22.7 Å². The Hall–Kier alpha value is -3.04. The number of carbonyl (C=O) groups excluding carboxylic acids is 2. The first kappa shape index (κ1) is 19.9. The van der Waals surface area contributed by atoms with Gasteiger partial charge in [0.2, 0.25) is 5.91 Å². The molecule has 3 aromatic heterocycles. The van der Waals surface area contributed by atoms with Crippen LogP contribution in [-0.4, -0.2) is 39.8 Å². The molecule has 0 aliphatic carbocycles. The highest BCUT2D eigenvalue weighted by Crippen LogP contribution is 2.31. The topological polar surface area (TPSA) is 88.3 Å². The average molecular weight is 453 g/mol. The van der Waals surface area contributed by atoms with Crippen LogP contribution >= 0.6 is 22.7 Å². The fraction of sp³-hybridized carbons (Fsp3) is 0.273. The maximum atomic E-state index is 12.9. The SMILES string of the molecule is Cc1csc(NC(=O)C2CCN(C(=O)c3ccc(-c4nc5ccccc5s4)o3)CC2)n1. The van der Waals surface area contributed by atoms with Crippen molar-refractivity contribution in [1.29, 1.82) is 0 Å². The van der Waals surface area contributed by atoms with Crippen molar-refractivity contribution in [2.45, 2.75) is 19.8 Å². The molecule has 1 aliphatic heterocycles. The van der Waals surface area contributed by atoms with Crippen LogP contribution in [0.25, 0.3) is 21.0 Å². The number of benzene rings is 1. The van der Waals surface area contributed by atoms with Crippen molar-refractivity contribution >= 4 is 49.8 Å². The highest BCUT2D eigenvalue weighted by Gasteiger charge is 2.29. The molecule has 158 valence electrons. The van der Waals surface area contributed by atoms with E-state index in [9.17, 15) is 9.59 Å². The van der Waals surface area contributed by atoms with Crippen molar-refractivity contribution in [3.63, 3.8) is 0 Å². The number of likely N-dealkylation sites (tertiary alicyclic amines) is 1. The number of furan rings is 1. The number of aryl methyl sites for hydroxylation is 1. The summed E-state index contributed by atoms with van der Waals surface area (Å²) in [5.74, 6) is 0.593. The Labute approximate surface area is 186 Å². The second kappa shape index (κ2) is 8.24. The first-order valence-corrected chi connectivity index (χ1v) is 11.7. The van der Waals surface area contributed by atoms with Crippen LogP contribution in [0.3, 0.4) is 0 Å². The lowest BCUT2D eigenvalue weighted by Gasteiger charge is -2.30. The maximum absolute atomic E-state index is 12.9. The van der Waals surface area contributed by atoms with Gasteiger partial charge >= 0.3 is 0 Å². The zero-order valence-corrected chi connectivity index (χ0v) is 18.5. The Morgan fingerprint density at radius 3 is 2.68 bits per heavy atom. The third-order valence-electron chi connectivity index (χ3n) is 5.32. The number of nitrogens with zero attached hydrogens (tertiary/aromatic N) is 3. The van der Waals surface area contributed by atoms with Gasteiger partial charge in [-0.15, -0.1) is 22.7 Å². The number of fused-ring (bicyclic) bond motifs is 1. The lowest BCUT2D eigenvalue weighted by Crippen LogP contribution is -2.41. The van der Waals surface area contributed by atoms with Crippen LogP contribution in [0.15, 0.2) is 46.2 Å². The molecule has 1 aromatic carbocycles. The van der Waals surface area contributed by atoms with Gasteiger partial charge in [0.25, 0.3) is 5.91 Å². The van der Waals surface area contributed by atoms with E-state index < -0.39 is 0 Å². The standard InChI is InChI=1S/C22H20N4O3S2/c1-13-12-30-22(23-13)25-19(27)14-8-10-26(11-9-14)21(28)17-7-6-16(29-17)20-24-15-4-2-3-5-18(15)31-20/h2-7,12,14H,8-11H2,1H3,(H,23,25,27). The highest BCUT2D eigenvalue weighted by molar-refractivity contribution is 7.21. The van der Waals surface area contributed by atoms with E-state index in [0.29, 0.717) is 42.6 Å². The quantitative estimate of drug-likeness (QED) is 0.480. The fourth-order valence-electron chi connectivity index (χ4n) is 3.66. The van der Waals surface area contributed by atoms with E-state index in [2.05, 4.69) is 15.3 Å². The molecule has 0 radical (unpaired) electrons. The number of hydrogen-bond donors (Lipinski definition) is 1. The molecule has 4 heterocycles. The zero-order valence-electron chi connectivity index (χ0n) is 16.8. The minimum atomic E-state index is -0.151. The number of anilines is 1. The van der Waals surface area contributed by atoms with Crippen LogP contribution in [0.5, 0.6) is 0 Å². The Morgan fingerprint density at radius 2 is 1.94 bits per heavy atom. The number of thiazole rings is 2. The summed E-state index contributed by atoms with van der Waals surface area (Å²) >= 11 is 2.96. The van der Waals surface area contributed by atoms with Gasteiger partial charge in [-0.05, 0) is 44.0 Å². The number of amides is 2. The number of carbonyl (C=O) groups is 2. The van der Waals surface area contributed by atoms with Crippen molar-refractivity contribution in [2.24, 2.45) is 5.92 Å². The molecule has 7 nitrogen and oxygen atoms in total. The van der Waals surface area contributed by atoms with Gasteiger partial charge in [-0.3, -0.25) is 9.59 Å². The van der Waals surface area contributed by atoms with Crippen LogP contribution in [0, 0.1) is 12.8 Å². The molecule has 1 aliphatic rings. The third-order valence-corrected chi connectivity index (χ3v) is 7.25. The maximum Gasteiger partial charge on any atom is 0.289 e. The number of rotatable bonds is 4. The summed E-state index contributed by atoms with van der Waals surface area (Å²) < 4.78 is 6.92. The summed E-state index contributed by atoms with van der Waals surface area (Å²) in [6.45, 7) is 2.93. The Morgan fingerprint density at radius 1 is 1.13 bits per heavy atom. The number of piperidine rings is 1. The minimum Gasteiger partial charge on any atom is -0.448 e. The first-order valence-electron chi connectivity index (χ1n) is 10.0. The van der Waals surface area contributed by atoms with Gasteiger partial charge in [0, 0.05) is 24.4 Å². The molecule has 0 bridgehead atoms. The van der Waals surface area contributed by atoms with E-state index in [4.69, 9.17) is 4.42 Å². The number of nitrogens with one attached hydrogen (secondary N) is 1. The van der Waals surface area contributed by atoms with Gasteiger partial charge in [0.1, 0.15) is 0 Å². The van der Waals surface area contributed by atoms with Gasteiger partial charge < -0.3 is 14.6 Å². The number of aromatic nitrogens is 2. The van der Waals surface area contributed by atoms with Crippen molar-refractivity contribution < 1.29 is 14.0 Å². The normalized spacial score (nSPS) is 14.8. The number of hydrogen-bond acceptors (Lipinski definition) is 7. The molecule has 0 atom stereocenters. The molecule has 0 saturated carbocycles.